The van der Waals surface area contributed by atoms with E-state index >= 15 is 0 Å². The minimum Gasteiger partial charge on any atom is -0.444 e. The van der Waals surface area contributed by atoms with Gasteiger partial charge in [0.2, 0.25) is 0 Å². The summed E-state index contributed by atoms with van der Waals surface area (Å²) in [6.07, 6.45) is 7.05. The summed E-state index contributed by atoms with van der Waals surface area (Å²) in [5.74, 6) is 0.282. The van der Waals surface area contributed by atoms with Gasteiger partial charge in [-0.1, -0.05) is 18.7 Å². The molecule has 1 fully saturated rings. The number of hydrogen-bond donors (Lipinski definition) is 1. The quantitative estimate of drug-likeness (QED) is 0.898. The highest BCUT2D eigenvalue weighted by molar-refractivity contribution is 5.68. The third-order valence-corrected chi connectivity index (χ3v) is 4.00. The molecular weight excluding hydrogens is 302 g/mol. The van der Waals surface area contributed by atoms with Crippen LogP contribution in [0.2, 0.25) is 0 Å². The number of carbonyl (C=O) groups excluding carboxylic acids is 1. The molecule has 5 heteroatoms. The second-order valence-corrected chi connectivity index (χ2v) is 7.11. The zero-order valence-corrected chi connectivity index (χ0v) is 14.8. The second kappa shape index (κ2) is 7.51. The zero-order chi connectivity index (χ0) is 17.7. The third-order valence-electron chi connectivity index (χ3n) is 4.00. The predicted molar refractivity (Wildman–Crippen MR) is 96.3 cm³/mol. The molecule has 0 unspecified atom stereocenters. The average Bonchev–Trinajstić information content (AvgIpc) is 2.52. The maximum atomic E-state index is 12.1. The van der Waals surface area contributed by atoms with E-state index in [2.05, 4.69) is 11.6 Å². The van der Waals surface area contributed by atoms with Crippen molar-refractivity contribution >= 4 is 18.7 Å². The Morgan fingerprint density at radius 2 is 2.08 bits per heavy atom. The normalized spacial score (nSPS) is 17.9. The number of amides is 1. The van der Waals surface area contributed by atoms with E-state index in [9.17, 15) is 4.79 Å². The molecule has 0 bridgehead atoms. The molecule has 2 N–H and O–H groups in total. The van der Waals surface area contributed by atoms with Gasteiger partial charge in [-0.25, -0.2) is 4.79 Å². The summed E-state index contributed by atoms with van der Waals surface area (Å²) in [5.41, 5.74) is 6.60. The molecule has 2 rings (SSSR count). The lowest BCUT2D eigenvalue weighted by molar-refractivity contribution is 0.0194. The van der Waals surface area contributed by atoms with Gasteiger partial charge in [0.05, 0.1) is 5.35 Å². The molecular formula is C19H27N3O2. The van der Waals surface area contributed by atoms with E-state index in [4.69, 9.17) is 10.5 Å². The molecule has 1 saturated heterocycles. The summed E-state index contributed by atoms with van der Waals surface area (Å²) in [6, 6.07) is 3.84. The van der Waals surface area contributed by atoms with Crippen LogP contribution in [0.4, 0.5) is 4.79 Å². The van der Waals surface area contributed by atoms with Crippen LogP contribution in [0.1, 0.15) is 33.6 Å². The summed E-state index contributed by atoms with van der Waals surface area (Å²) in [5, 5.41) is 1.70. The Morgan fingerprint density at radius 1 is 1.42 bits per heavy atom. The molecule has 1 amide bonds. The number of aromatic nitrogens is 1. The van der Waals surface area contributed by atoms with Gasteiger partial charge in [0.25, 0.3) is 0 Å². The fourth-order valence-corrected chi connectivity index (χ4v) is 2.65. The van der Waals surface area contributed by atoms with Crippen molar-refractivity contribution < 1.29 is 9.53 Å². The van der Waals surface area contributed by atoms with Gasteiger partial charge in [-0.3, -0.25) is 4.98 Å². The average molecular weight is 329 g/mol. The molecule has 0 atom stereocenters. The second-order valence-electron chi connectivity index (χ2n) is 7.11. The number of allylic oxidation sites excluding steroid dienone is 2. The number of pyridine rings is 1. The van der Waals surface area contributed by atoms with E-state index < -0.39 is 5.60 Å². The van der Waals surface area contributed by atoms with Gasteiger partial charge in [-0.05, 0) is 51.0 Å². The lowest BCUT2D eigenvalue weighted by Gasteiger charge is -2.33. The molecule has 0 aliphatic carbocycles. The van der Waals surface area contributed by atoms with Crippen molar-refractivity contribution in [3.63, 3.8) is 0 Å². The maximum Gasteiger partial charge on any atom is 0.410 e. The monoisotopic (exact) mass is 329 g/mol. The highest BCUT2D eigenvalue weighted by atomic mass is 16.6. The van der Waals surface area contributed by atoms with E-state index in [1.807, 2.05) is 45.1 Å². The number of piperidine rings is 1. The summed E-state index contributed by atoms with van der Waals surface area (Å²) in [7, 11) is 0. The molecule has 0 radical (unpaired) electrons. The maximum absolute atomic E-state index is 12.1. The molecule has 24 heavy (non-hydrogen) atoms. The van der Waals surface area contributed by atoms with E-state index in [1.165, 1.54) is 0 Å². The van der Waals surface area contributed by atoms with Gasteiger partial charge in [0, 0.05) is 30.9 Å². The fourth-order valence-electron chi connectivity index (χ4n) is 2.65. The van der Waals surface area contributed by atoms with Crippen molar-refractivity contribution in [1.82, 2.24) is 9.88 Å². The van der Waals surface area contributed by atoms with Crippen molar-refractivity contribution in [2.75, 3.05) is 13.1 Å². The predicted octanol–water partition coefficient (Wildman–Crippen LogP) is 1.76. The first-order valence-electron chi connectivity index (χ1n) is 8.31. The number of nitrogens with two attached hydrogens (primary N) is 1. The molecule has 130 valence electrons. The van der Waals surface area contributed by atoms with Crippen molar-refractivity contribution in [3.05, 3.63) is 40.7 Å². The van der Waals surface area contributed by atoms with Crippen LogP contribution < -0.4 is 16.3 Å². The summed E-state index contributed by atoms with van der Waals surface area (Å²) >= 11 is 0. The Bertz CT molecular complexity index is 711. The van der Waals surface area contributed by atoms with Gasteiger partial charge in [0.1, 0.15) is 5.60 Å². The van der Waals surface area contributed by atoms with Crippen LogP contribution in [0.3, 0.4) is 0 Å². The lowest BCUT2D eigenvalue weighted by Crippen LogP contribution is -2.42. The number of carbonyl (C=O) groups is 1. The van der Waals surface area contributed by atoms with Gasteiger partial charge < -0.3 is 15.4 Å². The molecule has 0 spiro atoms. The Morgan fingerprint density at radius 3 is 2.67 bits per heavy atom. The topological polar surface area (TPSA) is 68.5 Å². The molecule has 1 aliphatic heterocycles. The largest absolute Gasteiger partial charge is 0.444 e. The lowest BCUT2D eigenvalue weighted by atomic mass is 9.93. The smallest absolute Gasteiger partial charge is 0.410 e. The highest BCUT2D eigenvalue weighted by Crippen LogP contribution is 2.23. The Hall–Kier alpha value is -2.30. The molecule has 2 heterocycles. The molecule has 1 aromatic rings. The number of ether oxygens (including phenoxy) is 1. The summed E-state index contributed by atoms with van der Waals surface area (Å²) in [4.78, 5) is 18.0. The van der Waals surface area contributed by atoms with E-state index in [0.29, 0.717) is 13.1 Å². The van der Waals surface area contributed by atoms with E-state index in [-0.39, 0.29) is 12.0 Å². The minimum absolute atomic E-state index is 0.243. The SMILES string of the molecule is C=c1nccc/c1=C/C=C(\N)C1CCN(C(=O)OC(C)(C)C)CC1. The Kier molecular flexibility index (Phi) is 5.65. The van der Waals surface area contributed by atoms with Crippen LogP contribution in [-0.2, 0) is 4.74 Å². The van der Waals surface area contributed by atoms with Crippen LogP contribution in [0.15, 0.2) is 30.1 Å². The number of likely N-dealkylation sites (tertiary alicyclic amines) is 1. The summed E-state index contributed by atoms with van der Waals surface area (Å²) in [6.45, 7) is 10.9. The van der Waals surface area contributed by atoms with Crippen molar-refractivity contribution in [2.24, 2.45) is 11.7 Å². The third kappa shape index (κ3) is 5.11. The Balaban J connectivity index is 1.96. The minimum atomic E-state index is -0.461. The van der Waals surface area contributed by atoms with Gasteiger partial charge in [0.15, 0.2) is 0 Å². The van der Waals surface area contributed by atoms with Crippen LogP contribution in [0.5, 0.6) is 0 Å². The van der Waals surface area contributed by atoms with Crippen molar-refractivity contribution in [2.45, 2.75) is 39.2 Å². The Labute approximate surface area is 143 Å². The van der Waals surface area contributed by atoms with E-state index in [1.54, 1.807) is 11.1 Å². The van der Waals surface area contributed by atoms with Crippen molar-refractivity contribution in [1.29, 1.82) is 0 Å². The van der Waals surface area contributed by atoms with E-state index in [0.717, 1.165) is 29.1 Å². The van der Waals surface area contributed by atoms with Gasteiger partial charge in [-0.2, -0.15) is 0 Å². The standard InChI is InChI=1S/C19H27N3O2/c1-14-15(6-5-11-21-14)7-8-17(20)16-9-12-22(13-10-16)18(23)24-19(2,3)4/h5-8,11,16H,1,9-10,12-13,20H2,2-4H3/b15-7-,17-8-. The first-order chi connectivity index (χ1) is 11.3. The van der Waals surface area contributed by atoms with Crippen LogP contribution >= 0.6 is 0 Å². The molecule has 0 saturated carbocycles. The van der Waals surface area contributed by atoms with Crippen LogP contribution in [-0.4, -0.2) is 34.7 Å². The summed E-state index contributed by atoms with van der Waals surface area (Å²) < 4.78 is 5.41. The van der Waals surface area contributed by atoms with Crippen LogP contribution in [0, 0.1) is 5.92 Å². The molecule has 1 aromatic heterocycles. The molecule has 0 aromatic carbocycles. The number of rotatable bonds is 2. The molecule has 5 nitrogen and oxygen atoms in total. The number of nitrogens with zero attached hydrogens (tertiary/aromatic N) is 2. The molecule has 1 aliphatic rings. The fraction of sp³-hybridized carbons (Fsp3) is 0.474. The van der Waals surface area contributed by atoms with Gasteiger partial charge >= 0.3 is 6.09 Å². The first-order valence-corrected chi connectivity index (χ1v) is 8.31. The van der Waals surface area contributed by atoms with Gasteiger partial charge in [-0.15, -0.1) is 0 Å². The van der Waals surface area contributed by atoms with Crippen molar-refractivity contribution in [3.8, 4) is 0 Å². The highest BCUT2D eigenvalue weighted by Gasteiger charge is 2.27. The van der Waals surface area contributed by atoms with Crippen LogP contribution in [0.25, 0.3) is 12.7 Å². The zero-order valence-electron chi connectivity index (χ0n) is 14.8. The first kappa shape index (κ1) is 18.0. The number of hydrogen-bond acceptors (Lipinski definition) is 4.